The molecule has 2 heterocycles. The third-order valence-corrected chi connectivity index (χ3v) is 6.18. The first-order valence-electron chi connectivity index (χ1n) is 9.50. The maximum Gasteiger partial charge on any atom is 0.373 e. The molecule has 6 heteroatoms. The number of anilines is 1. The highest BCUT2D eigenvalue weighted by Gasteiger charge is 2.36. The van der Waals surface area contributed by atoms with Crippen LogP contribution in [0.25, 0.3) is 11.0 Å². The lowest BCUT2D eigenvalue weighted by Gasteiger charge is -2.34. The molecule has 1 aliphatic carbocycles. The quantitative estimate of drug-likeness (QED) is 0.517. The van der Waals surface area contributed by atoms with Crippen LogP contribution in [0.5, 0.6) is 0 Å². The molecule has 5 nitrogen and oxygen atoms in total. The smallest absolute Gasteiger partial charge is 0.373 e. The Morgan fingerprint density at radius 3 is 2.72 bits per heavy atom. The number of benzene rings is 2. The Bertz CT molecular complexity index is 1190. The third-order valence-electron chi connectivity index (χ3n) is 5.65. The summed E-state index contributed by atoms with van der Waals surface area (Å²) >= 11 is 3.49. The minimum Gasteiger partial charge on any atom is -0.463 e. The Balaban J connectivity index is 1.79. The lowest BCUT2D eigenvalue weighted by Crippen LogP contribution is -2.27. The predicted octanol–water partition coefficient (Wildman–Crippen LogP) is 5.55. The Morgan fingerprint density at radius 2 is 1.97 bits per heavy atom. The number of furan rings is 1. The number of fused-ring (bicyclic) bond motifs is 3. The Morgan fingerprint density at radius 1 is 1.17 bits per heavy atom. The molecule has 146 valence electrons. The normalized spacial score (nSPS) is 18.3. The molecule has 2 aliphatic rings. The number of halogens is 1. The third kappa shape index (κ3) is 2.90. The van der Waals surface area contributed by atoms with Crippen molar-refractivity contribution >= 4 is 44.3 Å². The van der Waals surface area contributed by atoms with Gasteiger partial charge in [-0.05, 0) is 54.3 Å². The molecule has 0 saturated carbocycles. The highest BCUT2D eigenvalue weighted by atomic mass is 79.9. The summed E-state index contributed by atoms with van der Waals surface area (Å²) in [6.45, 7) is 0. The Hall–Kier alpha value is -2.86. The first-order valence-corrected chi connectivity index (χ1v) is 10.3. The molecule has 0 spiro atoms. The van der Waals surface area contributed by atoms with Gasteiger partial charge in [0.2, 0.25) is 5.76 Å². The summed E-state index contributed by atoms with van der Waals surface area (Å²) in [6, 6.07) is 13.6. The van der Waals surface area contributed by atoms with E-state index in [1.54, 1.807) is 6.07 Å². The molecule has 5 rings (SSSR count). The summed E-state index contributed by atoms with van der Waals surface area (Å²) < 4.78 is 11.5. The van der Waals surface area contributed by atoms with Gasteiger partial charge in [0.15, 0.2) is 5.78 Å². The van der Waals surface area contributed by atoms with Gasteiger partial charge in [0.1, 0.15) is 5.58 Å². The van der Waals surface area contributed by atoms with Crippen molar-refractivity contribution in [1.29, 1.82) is 0 Å². The number of rotatable bonds is 2. The fourth-order valence-electron chi connectivity index (χ4n) is 4.38. The Labute approximate surface area is 175 Å². The fraction of sp³-hybridized carbons (Fsp3) is 0.217. The number of hydrogen-bond donors (Lipinski definition) is 1. The molecule has 0 fully saturated rings. The zero-order valence-corrected chi connectivity index (χ0v) is 17.3. The number of allylic oxidation sites excluding steroid dienone is 2. The molecule has 29 heavy (non-hydrogen) atoms. The fourth-order valence-corrected chi connectivity index (χ4v) is 4.64. The van der Waals surface area contributed by atoms with Crippen molar-refractivity contribution < 1.29 is 18.7 Å². The molecule has 2 aromatic carbocycles. The van der Waals surface area contributed by atoms with Crippen LogP contribution < -0.4 is 5.32 Å². The van der Waals surface area contributed by atoms with Crippen LogP contribution in [0.15, 0.2) is 62.6 Å². The summed E-state index contributed by atoms with van der Waals surface area (Å²) in [5.41, 5.74) is 5.35. The number of esters is 1. The predicted molar refractivity (Wildman–Crippen MR) is 113 cm³/mol. The molecular weight excluding hydrogens is 434 g/mol. The summed E-state index contributed by atoms with van der Waals surface area (Å²) in [5.74, 6) is -0.410. The van der Waals surface area contributed by atoms with Crippen LogP contribution in [0.2, 0.25) is 0 Å². The maximum absolute atomic E-state index is 13.0. The zero-order valence-electron chi connectivity index (χ0n) is 15.8. The second-order valence-electron chi connectivity index (χ2n) is 7.32. The number of nitrogens with one attached hydrogen (secondary N) is 1. The van der Waals surface area contributed by atoms with Gasteiger partial charge in [0.05, 0.1) is 7.11 Å². The lowest BCUT2D eigenvalue weighted by molar-refractivity contribution is -0.116. The van der Waals surface area contributed by atoms with Gasteiger partial charge in [-0.2, -0.15) is 0 Å². The van der Waals surface area contributed by atoms with Crippen molar-refractivity contribution in [2.75, 3.05) is 12.4 Å². The average molecular weight is 452 g/mol. The highest BCUT2D eigenvalue weighted by molar-refractivity contribution is 9.10. The first-order chi connectivity index (χ1) is 14.1. The number of ether oxygens (including phenoxy) is 1. The molecule has 1 aromatic heterocycles. The molecule has 1 atom stereocenters. The molecule has 1 N–H and O–H groups in total. The minimum atomic E-state index is -0.521. The van der Waals surface area contributed by atoms with Crippen molar-refractivity contribution in [1.82, 2.24) is 0 Å². The first kappa shape index (κ1) is 18.2. The largest absolute Gasteiger partial charge is 0.463 e. The van der Waals surface area contributed by atoms with Crippen LogP contribution in [0.3, 0.4) is 0 Å². The van der Waals surface area contributed by atoms with Crippen LogP contribution in [-0.2, 0) is 9.53 Å². The summed E-state index contributed by atoms with van der Waals surface area (Å²) in [7, 11) is 1.33. The summed E-state index contributed by atoms with van der Waals surface area (Å²) in [5, 5.41) is 4.29. The SMILES string of the molecule is COC(=O)c1cc2c3c(ccc2o1)NC1=C(C(=O)CCC1)C3c1ccc(Br)cc1. The van der Waals surface area contributed by atoms with Gasteiger partial charge in [0.25, 0.3) is 0 Å². The van der Waals surface area contributed by atoms with Crippen LogP contribution in [0, 0.1) is 0 Å². The van der Waals surface area contributed by atoms with Crippen LogP contribution in [0.4, 0.5) is 5.69 Å². The molecular formula is C23H18BrNO4. The highest BCUT2D eigenvalue weighted by Crippen LogP contribution is 2.48. The van der Waals surface area contributed by atoms with Gasteiger partial charge in [-0.25, -0.2) is 4.79 Å². The average Bonchev–Trinajstić information content (AvgIpc) is 3.17. The molecule has 0 saturated heterocycles. The Kier molecular flexibility index (Phi) is 4.32. The van der Waals surface area contributed by atoms with E-state index in [1.165, 1.54) is 7.11 Å². The second kappa shape index (κ2) is 6.88. The van der Waals surface area contributed by atoms with Gasteiger partial charge < -0.3 is 14.5 Å². The topological polar surface area (TPSA) is 68.5 Å². The second-order valence-corrected chi connectivity index (χ2v) is 8.24. The number of carbonyl (C=O) groups is 2. The summed E-state index contributed by atoms with van der Waals surface area (Å²) in [6.07, 6.45) is 2.26. The molecule has 0 radical (unpaired) electrons. The number of carbonyl (C=O) groups excluding carboxylic acids is 2. The summed E-state index contributed by atoms with van der Waals surface area (Å²) in [4.78, 5) is 25.0. The van der Waals surface area contributed by atoms with E-state index in [0.29, 0.717) is 12.0 Å². The molecule has 1 aliphatic heterocycles. The lowest BCUT2D eigenvalue weighted by atomic mass is 9.74. The van der Waals surface area contributed by atoms with Gasteiger partial charge in [-0.3, -0.25) is 4.79 Å². The van der Waals surface area contributed by atoms with E-state index in [1.807, 2.05) is 36.4 Å². The zero-order chi connectivity index (χ0) is 20.1. The minimum absolute atomic E-state index is 0.153. The van der Waals surface area contributed by atoms with E-state index in [2.05, 4.69) is 21.2 Å². The van der Waals surface area contributed by atoms with Crippen molar-refractivity contribution in [3.63, 3.8) is 0 Å². The van der Waals surface area contributed by atoms with E-state index in [9.17, 15) is 9.59 Å². The van der Waals surface area contributed by atoms with Gasteiger partial charge in [-0.15, -0.1) is 0 Å². The van der Waals surface area contributed by atoms with Crippen LogP contribution >= 0.6 is 15.9 Å². The van der Waals surface area contributed by atoms with Crippen LogP contribution in [0.1, 0.15) is 46.9 Å². The standard InChI is InChI=1S/C23H18BrNO4/c1-28-23(27)19-11-14-18(29-19)10-9-16-21(14)20(12-5-7-13(24)8-6-12)22-15(25-16)3-2-4-17(22)26/h5-11,20,25H,2-4H2,1H3. The number of methoxy groups -OCH3 is 1. The van der Waals surface area contributed by atoms with E-state index < -0.39 is 5.97 Å². The monoisotopic (exact) mass is 451 g/mol. The number of Topliss-reactive ketones (excluding diaryl/α,β-unsaturated/α-hetero) is 1. The van der Waals surface area contributed by atoms with Crippen molar-refractivity contribution in [3.05, 3.63) is 75.1 Å². The van der Waals surface area contributed by atoms with Crippen LogP contribution in [-0.4, -0.2) is 18.9 Å². The van der Waals surface area contributed by atoms with Gasteiger partial charge in [0, 0.05) is 39.2 Å². The molecule has 0 amide bonds. The molecule has 1 unspecified atom stereocenters. The van der Waals surface area contributed by atoms with E-state index in [4.69, 9.17) is 9.15 Å². The number of ketones is 1. The van der Waals surface area contributed by atoms with Gasteiger partial charge in [-0.1, -0.05) is 28.1 Å². The van der Waals surface area contributed by atoms with Crippen molar-refractivity contribution in [2.45, 2.75) is 25.2 Å². The van der Waals surface area contributed by atoms with E-state index in [-0.39, 0.29) is 17.5 Å². The molecule has 0 bridgehead atoms. The van der Waals surface area contributed by atoms with E-state index in [0.717, 1.165) is 50.8 Å². The molecule has 3 aromatic rings. The van der Waals surface area contributed by atoms with Gasteiger partial charge >= 0.3 is 5.97 Å². The maximum atomic E-state index is 13.0. The van der Waals surface area contributed by atoms with Crippen molar-refractivity contribution in [3.8, 4) is 0 Å². The number of hydrogen-bond acceptors (Lipinski definition) is 5. The van der Waals surface area contributed by atoms with E-state index >= 15 is 0 Å². The van der Waals surface area contributed by atoms with Crippen molar-refractivity contribution in [2.24, 2.45) is 0 Å².